The highest BCUT2D eigenvalue weighted by Gasteiger charge is 2.21. The lowest BCUT2D eigenvalue weighted by atomic mass is 9.94. The van der Waals surface area contributed by atoms with Gasteiger partial charge in [-0.3, -0.25) is 4.79 Å². The third-order valence-electron chi connectivity index (χ3n) is 3.19. The van der Waals surface area contributed by atoms with Gasteiger partial charge in [0.15, 0.2) is 0 Å². The first-order valence-electron chi connectivity index (χ1n) is 5.94. The molecule has 0 aliphatic rings. The summed E-state index contributed by atoms with van der Waals surface area (Å²) in [7, 11) is 0. The Morgan fingerprint density at radius 3 is 2.47 bits per heavy atom. The maximum Gasteiger partial charge on any atom is 0.251 e. The standard InChI is InChI=1S/C13H18ClFN2O.ClH/c1-3-13(16,4-2)8-17-12(18)9-5-6-11(15)10(14)7-9;/h5-7H,3-4,8,16H2,1-2H3,(H,17,18);1H. The number of carbonyl (C=O) groups excluding carboxylic acids is 1. The van der Waals surface area contributed by atoms with Crippen LogP contribution in [0.25, 0.3) is 0 Å². The normalized spacial score (nSPS) is 10.8. The molecule has 1 aromatic carbocycles. The van der Waals surface area contributed by atoms with Crippen LogP contribution in [0.2, 0.25) is 5.02 Å². The number of rotatable bonds is 5. The van der Waals surface area contributed by atoms with Crippen molar-refractivity contribution in [2.24, 2.45) is 5.73 Å². The van der Waals surface area contributed by atoms with E-state index >= 15 is 0 Å². The molecular weight excluding hydrogens is 290 g/mol. The summed E-state index contributed by atoms with van der Waals surface area (Å²) in [4.78, 5) is 11.8. The lowest BCUT2D eigenvalue weighted by molar-refractivity contribution is 0.0942. The van der Waals surface area contributed by atoms with E-state index in [2.05, 4.69) is 5.32 Å². The highest BCUT2D eigenvalue weighted by atomic mass is 35.5. The first kappa shape index (κ1) is 18.2. The lowest BCUT2D eigenvalue weighted by Crippen LogP contribution is -2.49. The van der Waals surface area contributed by atoms with Crippen molar-refractivity contribution in [3.8, 4) is 0 Å². The van der Waals surface area contributed by atoms with Gasteiger partial charge in [-0.2, -0.15) is 0 Å². The van der Waals surface area contributed by atoms with Gasteiger partial charge in [0.05, 0.1) is 5.02 Å². The van der Waals surface area contributed by atoms with Crippen molar-refractivity contribution in [2.75, 3.05) is 6.54 Å². The largest absolute Gasteiger partial charge is 0.350 e. The van der Waals surface area contributed by atoms with E-state index in [1.54, 1.807) is 0 Å². The number of benzene rings is 1. The molecule has 19 heavy (non-hydrogen) atoms. The Kier molecular flexibility index (Phi) is 7.34. The van der Waals surface area contributed by atoms with Gasteiger partial charge in [-0.15, -0.1) is 12.4 Å². The number of carbonyl (C=O) groups is 1. The Labute approximate surface area is 124 Å². The van der Waals surface area contributed by atoms with Crippen molar-refractivity contribution in [3.05, 3.63) is 34.6 Å². The van der Waals surface area contributed by atoms with Crippen LogP contribution in [-0.2, 0) is 0 Å². The molecule has 3 nitrogen and oxygen atoms in total. The maximum atomic E-state index is 13.0. The zero-order valence-corrected chi connectivity index (χ0v) is 12.6. The first-order chi connectivity index (χ1) is 8.41. The van der Waals surface area contributed by atoms with Crippen LogP contribution in [0.3, 0.4) is 0 Å². The molecule has 1 amide bonds. The van der Waals surface area contributed by atoms with Crippen molar-refractivity contribution < 1.29 is 9.18 Å². The van der Waals surface area contributed by atoms with Crippen LogP contribution in [0.15, 0.2) is 18.2 Å². The zero-order chi connectivity index (χ0) is 13.8. The third-order valence-corrected chi connectivity index (χ3v) is 3.48. The number of hydrogen-bond donors (Lipinski definition) is 2. The summed E-state index contributed by atoms with van der Waals surface area (Å²) in [6.07, 6.45) is 1.54. The smallest absolute Gasteiger partial charge is 0.251 e. The van der Waals surface area contributed by atoms with E-state index in [0.717, 1.165) is 12.8 Å². The summed E-state index contributed by atoms with van der Waals surface area (Å²) in [5.41, 5.74) is 6.00. The molecule has 0 fully saturated rings. The van der Waals surface area contributed by atoms with Gasteiger partial charge in [0.2, 0.25) is 0 Å². The fraction of sp³-hybridized carbons (Fsp3) is 0.462. The molecule has 0 heterocycles. The van der Waals surface area contributed by atoms with E-state index in [4.69, 9.17) is 17.3 Å². The summed E-state index contributed by atoms with van der Waals surface area (Å²) >= 11 is 5.62. The van der Waals surface area contributed by atoms with E-state index in [9.17, 15) is 9.18 Å². The molecule has 1 rings (SSSR count). The zero-order valence-electron chi connectivity index (χ0n) is 11.0. The highest BCUT2D eigenvalue weighted by molar-refractivity contribution is 6.31. The van der Waals surface area contributed by atoms with Crippen molar-refractivity contribution >= 4 is 29.9 Å². The number of hydrogen-bond acceptors (Lipinski definition) is 2. The molecule has 0 saturated heterocycles. The predicted octanol–water partition coefficient (Wildman–Crippen LogP) is 3.15. The molecule has 108 valence electrons. The van der Waals surface area contributed by atoms with E-state index in [0.29, 0.717) is 12.1 Å². The monoisotopic (exact) mass is 308 g/mol. The second-order valence-electron chi connectivity index (χ2n) is 4.38. The van der Waals surface area contributed by atoms with Gasteiger partial charge in [0.1, 0.15) is 5.82 Å². The lowest BCUT2D eigenvalue weighted by Gasteiger charge is -2.26. The van der Waals surface area contributed by atoms with Crippen LogP contribution >= 0.6 is 24.0 Å². The van der Waals surface area contributed by atoms with Gasteiger partial charge in [-0.05, 0) is 31.0 Å². The molecule has 0 spiro atoms. The summed E-state index contributed by atoms with van der Waals surface area (Å²) in [6.45, 7) is 4.34. The van der Waals surface area contributed by atoms with Crippen molar-refractivity contribution in [3.63, 3.8) is 0 Å². The Balaban J connectivity index is 0.00000324. The quantitative estimate of drug-likeness (QED) is 0.878. The molecule has 1 aromatic rings. The van der Waals surface area contributed by atoms with Gasteiger partial charge in [-0.25, -0.2) is 4.39 Å². The Hall–Kier alpha value is -0.840. The van der Waals surface area contributed by atoms with Crippen LogP contribution < -0.4 is 11.1 Å². The number of nitrogens with two attached hydrogens (primary N) is 1. The summed E-state index contributed by atoms with van der Waals surface area (Å²) in [6, 6.07) is 3.88. The van der Waals surface area contributed by atoms with Crippen molar-refractivity contribution in [2.45, 2.75) is 32.2 Å². The molecule has 0 unspecified atom stereocenters. The Morgan fingerprint density at radius 2 is 2.00 bits per heavy atom. The minimum Gasteiger partial charge on any atom is -0.350 e. The predicted molar refractivity (Wildman–Crippen MR) is 78.5 cm³/mol. The summed E-state index contributed by atoms with van der Waals surface area (Å²) < 4.78 is 13.0. The van der Waals surface area contributed by atoms with Gasteiger partial charge < -0.3 is 11.1 Å². The number of amides is 1. The number of halogens is 3. The molecular formula is C13H19Cl2FN2O. The SMILES string of the molecule is CCC(N)(CC)CNC(=O)c1ccc(F)c(Cl)c1.Cl. The van der Waals surface area contributed by atoms with E-state index < -0.39 is 11.4 Å². The topological polar surface area (TPSA) is 55.1 Å². The van der Waals surface area contributed by atoms with E-state index in [-0.39, 0.29) is 23.3 Å². The molecule has 0 atom stereocenters. The van der Waals surface area contributed by atoms with Crippen molar-refractivity contribution in [1.82, 2.24) is 5.32 Å². The molecule has 0 aromatic heterocycles. The van der Waals surface area contributed by atoms with Crippen LogP contribution in [0, 0.1) is 5.82 Å². The van der Waals surface area contributed by atoms with Crippen LogP contribution in [-0.4, -0.2) is 18.0 Å². The van der Waals surface area contributed by atoms with E-state index in [1.165, 1.54) is 18.2 Å². The molecule has 0 radical (unpaired) electrons. The summed E-state index contributed by atoms with van der Waals surface area (Å²) in [5, 5.41) is 2.68. The Bertz CT molecular complexity index is 437. The molecule has 0 saturated carbocycles. The van der Waals surface area contributed by atoms with Crippen LogP contribution in [0.1, 0.15) is 37.0 Å². The fourth-order valence-electron chi connectivity index (χ4n) is 1.50. The van der Waals surface area contributed by atoms with Gasteiger partial charge in [-0.1, -0.05) is 25.4 Å². The first-order valence-corrected chi connectivity index (χ1v) is 6.32. The molecule has 0 aliphatic heterocycles. The van der Waals surface area contributed by atoms with Crippen LogP contribution in [0.4, 0.5) is 4.39 Å². The highest BCUT2D eigenvalue weighted by Crippen LogP contribution is 2.16. The number of nitrogens with one attached hydrogen (secondary N) is 1. The minimum absolute atomic E-state index is 0. The molecule has 3 N–H and O–H groups in total. The maximum absolute atomic E-state index is 13.0. The van der Waals surface area contributed by atoms with Crippen molar-refractivity contribution in [1.29, 1.82) is 0 Å². The molecule has 6 heteroatoms. The average Bonchev–Trinajstić information content (AvgIpc) is 2.38. The summed E-state index contributed by atoms with van der Waals surface area (Å²) in [5.74, 6) is -0.836. The average molecular weight is 309 g/mol. The van der Waals surface area contributed by atoms with Gasteiger partial charge in [0, 0.05) is 17.6 Å². The second kappa shape index (κ2) is 7.68. The third kappa shape index (κ3) is 4.97. The Morgan fingerprint density at radius 1 is 1.42 bits per heavy atom. The van der Waals surface area contributed by atoms with Crippen LogP contribution in [0.5, 0.6) is 0 Å². The van der Waals surface area contributed by atoms with Gasteiger partial charge >= 0.3 is 0 Å². The molecule has 0 aliphatic carbocycles. The second-order valence-corrected chi connectivity index (χ2v) is 4.79. The fourth-order valence-corrected chi connectivity index (χ4v) is 1.68. The minimum atomic E-state index is -0.538. The van der Waals surface area contributed by atoms with Gasteiger partial charge in [0.25, 0.3) is 5.91 Å². The molecule has 0 bridgehead atoms. The van der Waals surface area contributed by atoms with E-state index in [1.807, 2.05) is 13.8 Å².